The number of aliphatic hydroxyl groups is 2. The first-order valence-corrected chi connectivity index (χ1v) is 11.9. The van der Waals surface area contributed by atoms with Gasteiger partial charge in [0.25, 0.3) is 0 Å². The van der Waals surface area contributed by atoms with E-state index in [4.69, 9.17) is 4.74 Å². The van der Waals surface area contributed by atoms with Crippen LogP contribution in [0, 0.1) is 5.82 Å². The van der Waals surface area contributed by atoms with Gasteiger partial charge in [0.2, 0.25) is 0 Å². The van der Waals surface area contributed by atoms with Gasteiger partial charge in [-0.25, -0.2) is 4.39 Å². The summed E-state index contributed by atoms with van der Waals surface area (Å²) >= 11 is 0. The summed E-state index contributed by atoms with van der Waals surface area (Å²) in [6.45, 7) is 9.54. The molecule has 34 heavy (non-hydrogen) atoms. The van der Waals surface area contributed by atoms with E-state index < -0.39 is 23.8 Å². The number of hydrogen-bond donors (Lipinski definition) is 2. The number of esters is 1. The van der Waals surface area contributed by atoms with Crippen molar-refractivity contribution in [1.82, 2.24) is 0 Å². The summed E-state index contributed by atoms with van der Waals surface area (Å²) in [5, 5.41) is 20.9. The largest absolute Gasteiger partial charge is 0.460 e. The maximum absolute atomic E-state index is 13.6. The van der Waals surface area contributed by atoms with Crippen LogP contribution in [0.3, 0.4) is 0 Å². The lowest BCUT2D eigenvalue weighted by Crippen LogP contribution is -2.38. The summed E-state index contributed by atoms with van der Waals surface area (Å²) in [5.41, 5.74) is 2.63. The molecule has 3 rings (SSSR count). The van der Waals surface area contributed by atoms with Gasteiger partial charge in [-0.3, -0.25) is 4.79 Å². The molecule has 1 aliphatic heterocycles. The van der Waals surface area contributed by atoms with Gasteiger partial charge in [-0.1, -0.05) is 42.5 Å². The van der Waals surface area contributed by atoms with Crippen LogP contribution in [0.5, 0.6) is 0 Å². The van der Waals surface area contributed by atoms with Crippen molar-refractivity contribution < 1.29 is 24.1 Å². The topological polar surface area (TPSA) is 70.0 Å². The predicted molar refractivity (Wildman–Crippen MR) is 132 cm³/mol. The SMILES string of the molecule is CC(C)N1c2ccccc2[C@H](c2ccc(F)cc2)[C@H]1/C=C/[C@@H](O)C[C@@H](O)CC(=O)OC(C)(C)C. The summed E-state index contributed by atoms with van der Waals surface area (Å²) in [6.07, 6.45) is 1.55. The number of benzene rings is 2. The summed E-state index contributed by atoms with van der Waals surface area (Å²) in [6, 6.07) is 14.8. The van der Waals surface area contributed by atoms with Crippen LogP contribution in [0.1, 0.15) is 64.5 Å². The molecule has 0 aliphatic carbocycles. The Kier molecular flexibility index (Phi) is 8.16. The molecular formula is C28H36FNO4. The van der Waals surface area contributed by atoms with E-state index in [2.05, 4.69) is 30.9 Å². The monoisotopic (exact) mass is 469 g/mol. The number of carbonyl (C=O) groups excluding carboxylic acids is 1. The maximum atomic E-state index is 13.6. The highest BCUT2D eigenvalue weighted by atomic mass is 19.1. The van der Waals surface area contributed by atoms with Gasteiger partial charge in [0, 0.05) is 24.1 Å². The molecule has 0 spiro atoms. The number of nitrogens with zero attached hydrogens (tertiary/aromatic N) is 1. The number of rotatable bonds is 8. The molecule has 0 amide bonds. The fourth-order valence-corrected chi connectivity index (χ4v) is 4.62. The molecule has 0 saturated heterocycles. The van der Waals surface area contributed by atoms with E-state index in [9.17, 15) is 19.4 Å². The fraction of sp³-hybridized carbons (Fsp3) is 0.464. The Morgan fingerprint density at radius 3 is 2.38 bits per heavy atom. The molecule has 1 heterocycles. The van der Waals surface area contributed by atoms with Crippen LogP contribution < -0.4 is 4.90 Å². The third kappa shape index (κ3) is 6.45. The minimum absolute atomic E-state index is 0.0261. The van der Waals surface area contributed by atoms with Gasteiger partial charge < -0.3 is 19.8 Å². The highest BCUT2D eigenvalue weighted by molar-refractivity contribution is 5.70. The number of fused-ring (bicyclic) bond motifs is 1. The summed E-state index contributed by atoms with van der Waals surface area (Å²) < 4.78 is 18.9. The van der Waals surface area contributed by atoms with Crippen LogP contribution in [0.4, 0.5) is 10.1 Å². The number of halogens is 1. The average molecular weight is 470 g/mol. The van der Waals surface area contributed by atoms with Crippen LogP contribution in [0.15, 0.2) is 60.7 Å². The van der Waals surface area contributed by atoms with Gasteiger partial charge in [-0.05, 0) is 63.9 Å². The smallest absolute Gasteiger partial charge is 0.308 e. The number of aliphatic hydroxyl groups excluding tert-OH is 2. The minimum atomic E-state index is -1.01. The second-order valence-corrected chi connectivity index (χ2v) is 10.2. The van der Waals surface area contributed by atoms with E-state index in [-0.39, 0.29) is 36.7 Å². The summed E-state index contributed by atoms with van der Waals surface area (Å²) in [5.74, 6) is -0.809. The second-order valence-electron chi connectivity index (χ2n) is 10.2. The first-order valence-electron chi connectivity index (χ1n) is 11.9. The standard InChI is InChI=1S/C28H36FNO4/c1-18(2)30-24-9-7-6-8-23(24)27(19-10-12-20(29)13-11-19)25(30)15-14-21(31)16-22(32)17-26(33)34-28(3,4)5/h6-15,18,21-22,25,27,31-32H,16-17H2,1-5H3/b15-14+/t21-,22-,25-,27+/m1/s1. The highest BCUT2D eigenvalue weighted by Gasteiger charge is 2.39. The lowest BCUT2D eigenvalue weighted by molar-refractivity contribution is -0.157. The molecule has 0 radical (unpaired) electrons. The normalized spacial score (nSPS) is 20.0. The minimum Gasteiger partial charge on any atom is -0.460 e. The molecule has 0 saturated carbocycles. The Balaban J connectivity index is 1.80. The Labute approximate surface area is 201 Å². The van der Waals surface area contributed by atoms with Gasteiger partial charge in [0.05, 0.1) is 24.7 Å². The average Bonchev–Trinajstić information content (AvgIpc) is 3.05. The van der Waals surface area contributed by atoms with Crippen LogP contribution in [0.25, 0.3) is 0 Å². The second kappa shape index (κ2) is 10.7. The van der Waals surface area contributed by atoms with Gasteiger partial charge in [-0.15, -0.1) is 0 Å². The number of carbonyl (C=O) groups is 1. The first-order chi connectivity index (χ1) is 16.0. The van der Waals surface area contributed by atoms with Crippen molar-refractivity contribution in [2.45, 2.75) is 83.3 Å². The summed E-state index contributed by atoms with van der Waals surface area (Å²) in [7, 11) is 0. The quantitative estimate of drug-likeness (QED) is 0.423. The molecule has 2 aromatic rings. The third-order valence-corrected chi connectivity index (χ3v) is 5.86. The molecular weight excluding hydrogens is 433 g/mol. The summed E-state index contributed by atoms with van der Waals surface area (Å²) in [4.78, 5) is 14.3. The Morgan fingerprint density at radius 1 is 1.12 bits per heavy atom. The molecule has 2 aromatic carbocycles. The van der Waals surface area contributed by atoms with Crippen molar-refractivity contribution in [3.05, 3.63) is 77.6 Å². The van der Waals surface area contributed by atoms with Crippen LogP contribution in [-0.4, -0.2) is 46.1 Å². The van der Waals surface area contributed by atoms with E-state index in [1.165, 1.54) is 12.1 Å². The predicted octanol–water partition coefficient (Wildman–Crippen LogP) is 4.95. The van der Waals surface area contributed by atoms with Crippen molar-refractivity contribution in [3.8, 4) is 0 Å². The molecule has 2 N–H and O–H groups in total. The van der Waals surface area contributed by atoms with Crippen molar-refractivity contribution in [2.75, 3.05) is 4.90 Å². The van der Waals surface area contributed by atoms with E-state index >= 15 is 0 Å². The van der Waals surface area contributed by atoms with E-state index in [0.29, 0.717) is 0 Å². The molecule has 1 aliphatic rings. The van der Waals surface area contributed by atoms with Crippen LogP contribution in [-0.2, 0) is 9.53 Å². The lowest BCUT2D eigenvalue weighted by Gasteiger charge is -2.32. The van der Waals surface area contributed by atoms with Gasteiger partial charge in [0.15, 0.2) is 0 Å². The van der Waals surface area contributed by atoms with Gasteiger partial charge in [0.1, 0.15) is 11.4 Å². The highest BCUT2D eigenvalue weighted by Crippen LogP contribution is 2.46. The first kappa shape index (κ1) is 25.9. The Hall–Kier alpha value is -2.70. The zero-order valence-corrected chi connectivity index (χ0v) is 20.6. The Bertz CT molecular complexity index is 996. The Morgan fingerprint density at radius 2 is 1.76 bits per heavy atom. The molecule has 4 atom stereocenters. The number of para-hydroxylation sites is 1. The van der Waals surface area contributed by atoms with Crippen molar-refractivity contribution in [2.24, 2.45) is 0 Å². The van der Waals surface area contributed by atoms with Crippen molar-refractivity contribution in [3.63, 3.8) is 0 Å². The van der Waals surface area contributed by atoms with E-state index in [0.717, 1.165) is 16.8 Å². The molecule has 5 nitrogen and oxygen atoms in total. The number of hydrogen-bond acceptors (Lipinski definition) is 5. The van der Waals surface area contributed by atoms with Crippen LogP contribution in [0.2, 0.25) is 0 Å². The van der Waals surface area contributed by atoms with Crippen molar-refractivity contribution in [1.29, 1.82) is 0 Å². The van der Waals surface area contributed by atoms with Gasteiger partial charge >= 0.3 is 5.97 Å². The number of ether oxygens (including phenoxy) is 1. The third-order valence-electron chi connectivity index (χ3n) is 5.86. The molecule has 184 valence electrons. The van der Waals surface area contributed by atoms with Crippen LogP contribution >= 0.6 is 0 Å². The molecule has 0 unspecified atom stereocenters. The molecule has 0 bridgehead atoms. The maximum Gasteiger partial charge on any atom is 0.308 e. The van der Waals surface area contributed by atoms with Crippen molar-refractivity contribution >= 4 is 11.7 Å². The fourth-order valence-electron chi connectivity index (χ4n) is 4.62. The number of anilines is 1. The molecule has 0 aromatic heterocycles. The van der Waals surface area contributed by atoms with Gasteiger partial charge in [-0.2, -0.15) is 0 Å². The lowest BCUT2D eigenvalue weighted by atomic mass is 9.87. The molecule has 0 fully saturated rings. The zero-order valence-electron chi connectivity index (χ0n) is 20.6. The molecule has 6 heteroatoms. The zero-order chi connectivity index (χ0) is 25.0. The van der Waals surface area contributed by atoms with E-state index in [1.807, 2.05) is 30.3 Å². The van der Waals surface area contributed by atoms with E-state index in [1.54, 1.807) is 26.8 Å².